The summed E-state index contributed by atoms with van der Waals surface area (Å²) in [5.41, 5.74) is 15.9. The molecule has 4 rings (SSSR count). The Morgan fingerprint density at radius 3 is 2.64 bits per heavy atom. The van der Waals surface area contributed by atoms with Gasteiger partial charge in [0.15, 0.2) is 0 Å². The van der Waals surface area contributed by atoms with E-state index in [-0.39, 0.29) is 0 Å². The SMILES string of the molecule is Nc1ccc(-c2csc3c(C#CCN4CCCC4)cnc(N)c23)cc1. The van der Waals surface area contributed by atoms with Crippen molar-refractivity contribution in [3.8, 4) is 23.0 Å². The lowest BCUT2D eigenvalue weighted by atomic mass is 10.0. The van der Waals surface area contributed by atoms with E-state index in [0.29, 0.717) is 5.82 Å². The van der Waals surface area contributed by atoms with Crippen molar-refractivity contribution in [1.82, 2.24) is 9.88 Å². The molecule has 1 fully saturated rings. The fourth-order valence-corrected chi connectivity index (χ4v) is 4.27. The zero-order chi connectivity index (χ0) is 17.2. The highest BCUT2D eigenvalue weighted by molar-refractivity contribution is 7.18. The van der Waals surface area contributed by atoms with E-state index in [0.717, 1.165) is 52.1 Å². The van der Waals surface area contributed by atoms with Gasteiger partial charge in [-0.05, 0) is 49.0 Å². The van der Waals surface area contributed by atoms with E-state index in [4.69, 9.17) is 11.5 Å². The first-order chi connectivity index (χ1) is 12.2. The number of pyridine rings is 1. The molecule has 0 unspecified atom stereocenters. The Morgan fingerprint density at radius 2 is 1.88 bits per heavy atom. The molecule has 0 spiro atoms. The second-order valence-corrected chi connectivity index (χ2v) is 7.20. The number of hydrogen-bond acceptors (Lipinski definition) is 5. The zero-order valence-corrected chi connectivity index (χ0v) is 14.8. The Morgan fingerprint density at radius 1 is 1.12 bits per heavy atom. The minimum atomic E-state index is 0.549. The van der Waals surface area contributed by atoms with Crippen LogP contribution in [0.2, 0.25) is 0 Å². The first-order valence-corrected chi connectivity index (χ1v) is 9.33. The van der Waals surface area contributed by atoms with Gasteiger partial charge in [-0.1, -0.05) is 24.0 Å². The molecular weight excluding hydrogens is 328 g/mol. The first kappa shape index (κ1) is 15.9. The van der Waals surface area contributed by atoms with Gasteiger partial charge in [0.25, 0.3) is 0 Å². The Kier molecular flexibility index (Phi) is 4.31. The average molecular weight is 348 g/mol. The van der Waals surface area contributed by atoms with Crippen LogP contribution in [0.3, 0.4) is 0 Å². The summed E-state index contributed by atoms with van der Waals surface area (Å²) in [5, 5.41) is 3.11. The van der Waals surface area contributed by atoms with Crippen LogP contribution in [0.25, 0.3) is 21.2 Å². The van der Waals surface area contributed by atoms with Crippen LogP contribution in [0.1, 0.15) is 18.4 Å². The highest BCUT2D eigenvalue weighted by Crippen LogP contribution is 2.38. The van der Waals surface area contributed by atoms with Crippen molar-refractivity contribution < 1.29 is 0 Å². The molecule has 2 aromatic heterocycles. The molecule has 126 valence electrons. The minimum Gasteiger partial charge on any atom is -0.399 e. The number of thiophene rings is 1. The van der Waals surface area contributed by atoms with Crippen molar-refractivity contribution in [1.29, 1.82) is 0 Å². The van der Waals surface area contributed by atoms with Crippen LogP contribution in [0.15, 0.2) is 35.8 Å². The third kappa shape index (κ3) is 3.19. The predicted octanol–water partition coefficient (Wildman–Crippen LogP) is 3.58. The second kappa shape index (κ2) is 6.75. The van der Waals surface area contributed by atoms with Gasteiger partial charge in [-0.15, -0.1) is 11.3 Å². The van der Waals surface area contributed by atoms with Crippen molar-refractivity contribution in [2.45, 2.75) is 12.8 Å². The zero-order valence-electron chi connectivity index (χ0n) is 14.0. The summed E-state index contributed by atoms with van der Waals surface area (Å²) in [6.07, 6.45) is 4.36. The van der Waals surface area contributed by atoms with Crippen molar-refractivity contribution in [3.63, 3.8) is 0 Å². The van der Waals surface area contributed by atoms with Crippen LogP contribution < -0.4 is 11.5 Å². The maximum atomic E-state index is 6.18. The molecule has 0 bridgehead atoms. The fraction of sp³-hybridized carbons (Fsp3) is 0.250. The molecule has 4 nitrogen and oxygen atoms in total. The number of rotatable bonds is 2. The monoisotopic (exact) mass is 348 g/mol. The Labute approximate surface area is 151 Å². The number of aromatic nitrogens is 1. The van der Waals surface area contributed by atoms with Crippen molar-refractivity contribution in [3.05, 3.63) is 41.4 Å². The molecule has 4 N–H and O–H groups in total. The molecule has 0 saturated carbocycles. The molecule has 25 heavy (non-hydrogen) atoms. The van der Waals surface area contributed by atoms with E-state index < -0.39 is 0 Å². The van der Waals surface area contributed by atoms with E-state index in [2.05, 4.69) is 27.1 Å². The molecule has 0 aliphatic carbocycles. The van der Waals surface area contributed by atoms with E-state index in [9.17, 15) is 0 Å². The van der Waals surface area contributed by atoms with Crippen LogP contribution in [0, 0.1) is 11.8 Å². The van der Waals surface area contributed by atoms with Gasteiger partial charge in [0.1, 0.15) is 5.82 Å². The molecule has 1 aliphatic heterocycles. The summed E-state index contributed by atoms with van der Waals surface area (Å²) in [5.74, 6) is 7.14. The molecule has 5 heteroatoms. The Balaban J connectivity index is 1.71. The van der Waals surface area contributed by atoms with E-state index in [1.807, 2.05) is 24.3 Å². The fourth-order valence-electron chi connectivity index (χ4n) is 3.22. The lowest BCUT2D eigenvalue weighted by Crippen LogP contribution is -2.18. The number of benzene rings is 1. The van der Waals surface area contributed by atoms with Crippen molar-refractivity contribution >= 4 is 32.9 Å². The average Bonchev–Trinajstić information content (AvgIpc) is 3.28. The van der Waals surface area contributed by atoms with Crippen molar-refractivity contribution in [2.75, 3.05) is 31.1 Å². The van der Waals surface area contributed by atoms with Crippen molar-refractivity contribution in [2.24, 2.45) is 0 Å². The summed E-state index contributed by atoms with van der Waals surface area (Å²) >= 11 is 1.67. The molecule has 1 aromatic carbocycles. The standard InChI is InChI=1S/C20H20N4S/c21-16-7-5-14(6-8-16)17-13-25-19-15(12-23-20(22)18(17)19)4-3-11-24-9-1-2-10-24/h5-8,12-13H,1-2,9-11,21H2,(H2,22,23). The summed E-state index contributed by atoms with van der Waals surface area (Å²) in [6.45, 7) is 3.14. The number of hydrogen-bond donors (Lipinski definition) is 2. The Hall–Kier alpha value is -2.55. The number of nitrogens with two attached hydrogens (primary N) is 2. The van der Waals surface area contributed by atoms with Crippen LogP contribution in [-0.4, -0.2) is 29.5 Å². The molecule has 3 heterocycles. The number of likely N-dealkylation sites (tertiary alicyclic amines) is 1. The number of fused-ring (bicyclic) bond motifs is 1. The maximum Gasteiger partial charge on any atom is 0.132 e. The number of anilines is 2. The van der Waals surface area contributed by atoms with E-state index >= 15 is 0 Å². The third-order valence-corrected chi connectivity index (χ3v) is 5.58. The van der Waals surface area contributed by atoms with E-state index in [1.165, 1.54) is 12.8 Å². The largest absolute Gasteiger partial charge is 0.399 e. The van der Waals surface area contributed by atoms with Crippen LogP contribution in [0.4, 0.5) is 11.5 Å². The van der Waals surface area contributed by atoms with Crippen LogP contribution in [-0.2, 0) is 0 Å². The van der Waals surface area contributed by atoms with Gasteiger partial charge >= 0.3 is 0 Å². The minimum absolute atomic E-state index is 0.549. The highest BCUT2D eigenvalue weighted by Gasteiger charge is 2.13. The van der Waals surface area contributed by atoms with Gasteiger partial charge in [-0.2, -0.15) is 0 Å². The quantitative estimate of drug-likeness (QED) is 0.549. The number of nitrogens with zero attached hydrogens (tertiary/aromatic N) is 2. The van der Waals surface area contributed by atoms with Crippen LogP contribution in [0.5, 0.6) is 0 Å². The normalized spacial score (nSPS) is 14.6. The Bertz CT molecular complexity index is 957. The summed E-state index contributed by atoms with van der Waals surface area (Å²) < 4.78 is 1.10. The number of nitrogen functional groups attached to an aromatic ring is 2. The summed E-state index contributed by atoms with van der Waals surface area (Å²) in [6, 6.07) is 7.84. The molecular formula is C20H20N4S. The third-order valence-electron chi connectivity index (χ3n) is 4.57. The van der Waals surface area contributed by atoms with Gasteiger partial charge in [-0.25, -0.2) is 4.98 Å². The lowest BCUT2D eigenvalue weighted by Gasteiger charge is -2.08. The first-order valence-electron chi connectivity index (χ1n) is 8.45. The smallest absolute Gasteiger partial charge is 0.132 e. The van der Waals surface area contributed by atoms with Crippen LogP contribution >= 0.6 is 11.3 Å². The second-order valence-electron chi connectivity index (χ2n) is 6.32. The molecule has 0 atom stereocenters. The molecule has 1 saturated heterocycles. The van der Waals surface area contributed by atoms with Gasteiger partial charge in [0, 0.05) is 22.8 Å². The maximum absolute atomic E-state index is 6.18. The highest BCUT2D eigenvalue weighted by atomic mass is 32.1. The summed E-state index contributed by atoms with van der Waals surface area (Å²) in [7, 11) is 0. The molecule has 0 radical (unpaired) electrons. The predicted molar refractivity (Wildman–Crippen MR) is 106 cm³/mol. The van der Waals surface area contributed by atoms with Gasteiger partial charge < -0.3 is 11.5 Å². The lowest BCUT2D eigenvalue weighted by molar-refractivity contribution is 0.383. The topological polar surface area (TPSA) is 68.2 Å². The van der Waals surface area contributed by atoms with Gasteiger partial charge in [0.2, 0.25) is 0 Å². The van der Waals surface area contributed by atoms with Gasteiger partial charge in [-0.3, -0.25) is 4.90 Å². The molecule has 1 aliphatic rings. The summed E-state index contributed by atoms with van der Waals surface area (Å²) in [4.78, 5) is 6.77. The molecule has 0 amide bonds. The van der Waals surface area contributed by atoms with E-state index in [1.54, 1.807) is 17.5 Å². The molecule has 3 aromatic rings. The van der Waals surface area contributed by atoms with Gasteiger partial charge in [0.05, 0.1) is 16.8 Å².